The highest BCUT2D eigenvalue weighted by Gasteiger charge is 2.58. The molecular formula is C21H31FN2O6. The van der Waals surface area contributed by atoms with Crippen molar-refractivity contribution in [3.8, 4) is 0 Å². The maximum absolute atomic E-state index is 13.9. The molecule has 3 fully saturated rings. The van der Waals surface area contributed by atoms with Crippen molar-refractivity contribution in [1.29, 1.82) is 0 Å². The maximum Gasteiger partial charge on any atom is 0.330 e. The number of hydrogen-bond acceptors (Lipinski definition) is 6. The van der Waals surface area contributed by atoms with Crippen molar-refractivity contribution in [2.24, 2.45) is 0 Å². The van der Waals surface area contributed by atoms with Crippen LogP contribution in [0.15, 0.2) is 15.8 Å². The number of H-pyrrole nitrogens is 1. The van der Waals surface area contributed by atoms with E-state index in [1.54, 1.807) is 0 Å². The number of nitrogens with zero attached hydrogens (tertiary/aromatic N) is 1. The van der Waals surface area contributed by atoms with Crippen LogP contribution >= 0.6 is 0 Å². The SMILES string of the molecule is O=c1[nH]c(=O)n([C@@H]2O[C@H](CO)[C@H]3OC4(CCCCCCCCCCC4)O[C@H]32)cc1F. The summed E-state index contributed by atoms with van der Waals surface area (Å²) >= 11 is 0. The number of hydrogen-bond donors (Lipinski definition) is 2. The second kappa shape index (κ2) is 9.30. The van der Waals surface area contributed by atoms with Gasteiger partial charge >= 0.3 is 5.69 Å². The van der Waals surface area contributed by atoms with Gasteiger partial charge < -0.3 is 19.3 Å². The van der Waals surface area contributed by atoms with Crippen LogP contribution in [0, 0.1) is 5.82 Å². The van der Waals surface area contributed by atoms with Crippen molar-refractivity contribution in [2.45, 2.75) is 101 Å². The van der Waals surface area contributed by atoms with Crippen LogP contribution in [0.4, 0.5) is 4.39 Å². The lowest BCUT2D eigenvalue weighted by Gasteiger charge is -2.31. The summed E-state index contributed by atoms with van der Waals surface area (Å²) in [4.78, 5) is 25.6. The Kier molecular flexibility index (Phi) is 6.72. The highest BCUT2D eigenvalue weighted by atomic mass is 19.1. The molecule has 1 spiro atoms. The molecule has 0 bridgehead atoms. The van der Waals surface area contributed by atoms with E-state index in [0.29, 0.717) is 0 Å². The van der Waals surface area contributed by atoms with Gasteiger partial charge in [0.1, 0.15) is 18.3 Å². The minimum atomic E-state index is -1.08. The first-order chi connectivity index (χ1) is 14.5. The molecule has 1 aromatic heterocycles. The van der Waals surface area contributed by atoms with Crippen LogP contribution in [-0.2, 0) is 14.2 Å². The van der Waals surface area contributed by atoms with E-state index in [9.17, 15) is 19.1 Å². The Balaban J connectivity index is 1.58. The largest absolute Gasteiger partial charge is 0.394 e. The quantitative estimate of drug-likeness (QED) is 0.753. The van der Waals surface area contributed by atoms with Crippen molar-refractivity contribution in [1.82, 2.24) is 9.55 Å². The van der Waals surface area contributed by atoms with Gasteiger partial charge in [0.2, 0.25) is 5.82 Å². The molecular weight excluding hydrogens is 395 g/mol. The molecule has 0 amide bonds. The van der Waals surface area contributed by atoms with Crippen LogP contribution in [0.25, 0.3) is 0 Å². The first-order valence-corrected chi connectivity index (χ1v) is 11.2. The van der Waals surface area contributed by atoms with Crippen molar-refractivity contribution >= 4 is 0 Å². The lowest BCUT2D eigenvalue weighted by Crippen LogP contribution is -2.39. The molecule has 3 heterocycles. The van der Waals surface area contributed by atoms with Crippen molar-refractivity contribution in [3.63, 3.8) is 0 Å². The molecule has 2 aliphatic heterocycles. The number of aliphatic hydroxyl groups is 1. The average Bonchev–Trinajstić information content (AvgIpc) is 3.23. The van der Waals surface area contributed by atoms with Crippen LogP contribution in [-0.4, -0.2) is 45.4 Å². The summed E-state index contributed by atoms with van der Waals surface area (Å²) in [5.41, 5.74) is -1.86. The number of nitrogens with one attached hydrogen (secondary N) is 1. The van der Waals surface area contributed by atoms with Gasteiger partial charge in [-0.25, -0.2) is 4.79 Å². The Bertz CT molecular complexity index is 828. The molecule has 0 aromatic carbocycles. The molecule has 0 unspecified atom stereocenters. The zero-order chi connectivity index (χ0) is 21.1. The molecule has 8 nitrogen and oxygen atoms in total. The van der Waals surface area contributed by atoms with E-state index in [0.717, 1.165) is 49.3 Å². The number of fused-ring (bicyclic) bond motifs is 1. The van der Waals surface area contributed by atoms with Gasteiger partial charge in [0.15, 0.2) is 12.0 Å². The van der Waals surface area contributed by atoms with Gasteiger partial charge in [-0.3, -0.25) is 14.3 Å². The van der Waals surface area contributed by atoms with Gasteiger partial charge in [-0.1, -0.05) is 44.9 Å². The summed E-state index contributed by atoms with van der Waals surface area (Å²) in [6.45, 7) is -0.308. The van der Waals surface area contributed by atoms with E-state index in [1.807, 2.05) is 4.98 Å². The van der Waals surface area contributed by atoms with Gasteiger partial charge in [-0.15, -0.1) is 0 Å². The summed E-state index contributed by atoms with van der Waals surface area (Å²) in [5.74, 6) is -1.87. The summed E-state index contributed by atoms with van der Waals surface area (Å²) in [6, 6.07) is 0. The van der Waals surface area contributed by atoms with E-state index in [-0.39, 0.29) is 6.61 Å². The van der Waals surface area contributed by atoms with E-state index in [2.05, 4.69) is 0 Å². The second-order valence-electron chi connectivity index (χ2n) is 8.65. The van der Waals surface area contributed by atoms with Gasteiger partial charge in [-0.05, 0) is 12.8 Å². The molecule has 3 aliphatic rings. The van der Waals surface area contributed by atoms with Crippen molar-refractivity contribution < 1.29 is 23.7 Å². The Hall–Kier alpha value is -1.55. The molecule has 168 valence electrons. The topological polar surface area (TPSA) is 103 Å². The number of aliphatic hydroxyl groups excluding tert-OH is 1. The molecule has 0 radical (unpaired) electrons. The molecule has 1 saturated carbocycles. The maximum atomic E-state index is 13.9. The molecule has 1 aromatic rings. The highest BCUT2D eigenvalue weighted by Crippen LogP contribution is 2.46. The molecule has 4 rings (SSSR count). The smallest absolute Gasteiger partial charge is 0.330 e. The molecule has 2 saturated heterocycles. The lowest BCUT2D eigenvalue weighted by molar-refractivity contribution is -0.228. The summed E-state index contributed by atoms with van der Waals surface area (Å²) in [7, 11) is 0. The van der Waals surface area contributed by atoms with Gasteiger partial charge in [0.25, 0.3) is 5.56 Å². The first kappa shape index (κ1) is 21.7. The third-order valence-corrected chi connectivity index (χ3v) is 6.48. The molecule has 9 heteroatoms. The minimum Gasteiger partial charge on any atom is -0.394 e. The molecule has 30 heavy (non-hydrogen) atoms. The van der Waals surface area contributed by atoms with Crippen LogP contribution in [0.3, 0.4) is 0 Å². The standard InChI is InChI=1S/C21H31FN2O6/c22-14-12-24(20(27)23-18(14)26)19-17-16(15(13-25)28-19)29-21(30-17)10-8-6-4-2-1-3-5-7-9-11-21/h12,15-17,19,25H,1-11,13H2,(H,23,26,27)/t15-,16-,17-,19-/m1/s1. The van der Waals surface area contributed by atoms with E-state index in [4.69, 9.17) is 14.2 Å². The number of ether oxygens (including phenoxy) is 3. The Labute approximate surface area is 174 Å². The number of halogens is 1. The summed E-state index contributed by atoms with van der Waals surface area (Å²) in [5, 5.41) is 9.80. The molecule has 1 aliphatic carbocycles. The average molecular weight is 426 g/mol. The van der Waals surface area contributed by atoms with Crippen LogP contribution in [0.2, 0.25) is 0 Å². The predicted octanol–water partition coefficient (Wildman–Crippen LogP) is 2.35. The number of aromatic nitrogens is 2. The monoisotopic (exact) mass is 426 g/mol. The Morgan fingerprint density at radius 2 is 1.57 bits per heavy atom. The van der Waals surface area contributed by atoms with E-state index in [1.165, 1.54) is 32.1 Å². The fourth-order valence-electron chi connectivity index (χ4n) is 4.91. The molecule has 2 N–H and O–H groups in total. The zero-order valence-corrected chi connectivity index (χ0v) is 17.2. The van der Waals surface area contributed by atoms with E-state index < -0.39 is 47.4 Å². The molecule has 4 atom stereocenters. The van der Waals surface area contributed by atoms with Crippen molar-refractivity contribution in [3.05, 3.63) is 32.9 Å². The predicted molar refractivity (Wildman–Crippen MR) is 106 cm³/mol. The Morgan fingerprint density at radius 1 is 1.00 bits per heavy atom. The van der Waals surface area contributed by atoms with Crippen LogP contribution in [0.5, 0.6) is 0 Å². The van der Waals surface area contributed by atoms with Gasteiger partial charge in [0, 0.05) is 12.8 Å². The fraction of sp³-hybridized carbons (Fsp3) is 0.810. The zero-order valence-electron chi connectivity index (χ0n) is 17.2. The van der Waals surface area contributed by atoms with Crippen LogP contribution < -0.4 is 11.2 Å². The fourth-order valence-corrected chi connectivity index (χ4v) is 4.91. The van der Waals surface area contributed by atoms with Crippen molar-refractivity contribution in [2.75, 3.05) is 6.61 Å². The number of aromatic amines is 1. The normalized spacial score (nSPS) is 32.5. The third kappa shape index (κ3) is 4.39. The first-order valence-electron chi connectivity index (χ1n) is 11.2. The van der Waals surface area contributed by atoms with Gasteiger partial charge in [0.05, 0.1) is 12.8 Å². The third-order valence-electron chi connectivity index (χ3n) is 6.48. The van der Waals surface area contributed by atoms with Crippen LogP contribution in [0.1, 0.15) is 76.9 Å². The number of rotatable bonds is 2. The minimum absolute atomic E-state index is 0.308. The summed E-state index contributed by atoms with van der Waals surface area (Å²) < 4.78 is 33.4. The Morgan fingerprint density at radius 3 is 2.17 bits per heavy atom. The lowest BCUT2D eigenvalue weighted by atomic mass is 9.97. The highest BCUT2D eigenvalue weighted by molar-refractivity contribution is 5.00. The van der Waals surface area contributed by atoms with E-state index >= 15 is 0 Å². The van der Waals surface area contributed by atoms with Gasteiger partial charge in [-0.2, -0.15) is 4.39 Å². The summed E-state index contributed by atoms with van der Waals surface area (Å²) in [6.07, 6.45) is 9.76. The second-order valence-corrected chi connectivity index (χ2v) is 8.65.